The lowest BCUT2D eigenvalue weighted by molar-refractivity contribution is -0.148. The number of esters is 1. The van der Waals surface area contributed by atoms with Crippen LogP contribution in [0.25, 0.3) is 5.57 Å². The molecule has 3 heteroatoms. The number of carbonyl (C=O) groups is 2. The van der Waals surface area contributed by atoms with Gasteiger partial charge in [0.25, 0.3) is 0 Å². The van der Waals surface area contributed by atoms with Crippen LogP contribution in [0.2, 0.25) is 0 Å². The van der Waals surface area contributed by atoms with E-state index >= 15 is 0 Å². The van der Waals surface area contributed by atoms with Crippen LogP contribution in [0.5, 0.6) is 0 Å². The summed E-state index contributed by atoms with van der Waals surface area (Å²) in [5.74, 6) is -0.196. The summed E-state index contributed by atoms with van der Waals surface area (Å²) in [6.07, 6.45) is 2.51. The van der Waals surface area contributed by atoms with Crippen molar-refractivity contribution in [2.45, 2.75) is 39.5 Å². The highest BCUT2D eigenvalue weighted by Gasteiger charge is 2.28. The molecule has 0 saturated heterocycles. The maximum absolute atomic E-state index is 12.3. The monoisotopic (exact) mass is 286 g/mol. The van der Waals surface area contributed by atoms with Crippen LogP contribution < -0.4 is 0 Å². The number of ketones is 1. The van der Waals surface area contributed by atoms with Crippen molar-refractivity contribution in [2.75, 3.05) is 6.61 Å². The molecule has 1 saturated carbocycles. The summed E-state index contributed by atoms with van der Waals surface area (Å²) in [4.78, 5) is 24.4. The van der Waals surface area contributed by atoms with E-state index in [0.717, 1.165) is 29.6 Å². The molecule has 1 fully saturated rings. The normalized spacial score (nSPS) is 21.6. The Balaban J connectivity index is 2.30. The zero-order valence-electron chi connectivity index (χ0n) is 12.7. The van der Waals surface area contributed by atoms with Crippen LogP contribution in [0, 0.1) is 5.92 Å². The van der Waals surface area contributed by atoms with E-state index in [2.05, 4.69) is 0 Å². The summed E-state index contributed by atoms with van der Waals surface area (Å²) in [7, 11) is 0. The van der Waals surface area contributed by atoms with Crippen LogP contribution in [-0.2, 0) is 14.3 Å². The lowest BCUT2D eigenvalue weighted by atomic mass is 9.91. The van der Waals surface area contributed by atoms with E-state index in [4.69, 9.17) is 4.74 Å². The fourth-order valence-corrected chi connectivity index (χ4v) is 2.81. The fourth-order valence-electron chi connectivity index (χ4n) is 2.81. The van der Waals surface area contributed by atoms with Crippen molar-refractivity contribution in [1.82, 2.24) is 0 Å². The first-order chi connectivity index (χ1) is 10.1. The van der Waals surface area contributed by atoms with E-state index < -0.39 is 0 Å². The van der Waals surface area contributed by atoms with Crippen molar-refractivity contribution in [3.05, 3.63) is 41.5 Å². The first-order valence-corrected chi connectivity index (χ1v) is 7.58. The van der Waals surface area contributed by atoms with E-state index in [1.165, 1.54) is 0 Å². The van der Waals surface area contributed by atoms with Crippen molar-refractivity contribution < 1.29 is 14.3 Å². The molecule has 1 aromatic carbocycles. The molecule has 0 heterocycles. The Bertz CT molecular complexity index is 543. The molecule has 112 valence electrons. The molecule has 1 aliphatic carbocycles. The predicted octanol–water partition coefficient (Wildman–Crippen LogP) is 3.78. The van der Waals surface area contributed by atoms with E-state index in [9.17, 15) is 9.59 Å². The molecule has 0 aromatic heterocycles. The van der Waals surface area contributed by atoms with Gasteiger partial charge in [0, 0.05) is 6.42 Å². The van der Waals surface area contributed by atoms with Gasteiger partial charge in [0.05, 0.1) is 12.5 Å². The molecule has 3 nitrogen and oxygen atoms in total. The number of rotatable bonds is 3. The molecule has 0 radical (unpaired) electrons. The Morgan fingerprint density at radius 2 is 2.00 bits per heavy atom. The molecule has 0 N–H and O–H groups in total. The third-order valence-corrected chi connectivity index (χ3v) is 4.02. The Hall–Kier alpha value is -1.90. The standard InChI is InChI=1S/C18H22O3/c1-3-21-18(20)15-10-7-11-17(19)16(12-15)13(2)14-8-5-4-6-9-14/h4-6,8-9,15H,3,7,10-12H2,1-2H3/b16-13-. The zero-order chi connectivity index (χ0) is 15.2. The molecule has 21 heavy (non-hydrogen) atoms. The third kappa shape index (κ3) is 3.81. The quantitative estimate of drug-likeness (QED) is 0.482. The van der Waals surface area contributed by atoms with Gasteiger partial charge < -0.3 is 4.74 Å². The minimum atomic E-state index is -0.190. The summed E-state index contributed by atoms with van der Waals surface area (Å²) < 4.78 is 5.13. The Labute approximate surface area is 126 Å². The number of hydrogen-bond acceptors (Lipinski definition) is 3. The molecule has 1 aliphatic rings. The van der Waals surface area contributed by atoms with Gasteiger partial charge in [0.2, 0.25) is 0 Å². The van der Waals surface area contributed by atoms with E-state index in [1.807, 2.05) is 44.2 Å². The predicted molar refractivity (Wildman–Crippen MR) is 82.6 cm³/mol. The molecule has 0 amide bonds. The van der Waals surface area contributed by atoms with Crippen molar-refractivity contribution >= 4 is 17.3 Å². The molecule has 1 atom stereocenters. The highest BCUT2D eigenvalue weighted by molar-refractivity contribution is 6.03. The van der Waals surface area contributed by atoms with Gasteiger partial charge in [0.15, 0.2) is 5.78 Å². The minimum absolute atomic E-state index is 0.170. The van der Waals surface area contributed by atoms with Gasteiger partial charge in [-0.3, -0.25) is 9.59 Å². The molecular weight excluding hydrogens is 264 g/mol. The number of carbonyl (C=O) groups excluding carboxylic acids is 2. The number of hydrogen-bond donors (Lipinski definition) is 0. The van der Waals surface area contributed by atoms with E-state index in [0.29, 0.717) is 19.4 Å². The zero-order valence-corrected chi connectivity index (χ0v) is 12.7. The Morgan fingerprint density at radius 1 is 1.29 bits per heavy atom. The lowest BCUT2D eigenvalue weighted by Gasteiger charge is -2.15. The smallest absolute Gasteiger partial charge is 0.309 e. The second-order valence-electron chi connectivity index (χ2n) is 5.44. The molecule has 0 bridgehead atoms. The van der Waals surface area contributed by atoms with Gasteiger partial charge in [0.1, 0.15) is 0 Å². The van der Waals surface area contributed by atoms with Crippen molar-refractivity contribution in [3.63, 3.8) is 0 Å². The maximum atomic E-state index is 12.3. The SMILES string of the molecule is CCOC(=O)C1CCCC(=O)/C(=C(/C)c2ccccc2)C1. The number of allylic oxidation sites excluding steroid dienone is 2. The van der Waals surface area contributed by atoms with Crippen molar-refractivity contribution in [3.8, 4) is 0 Å². The summed E-state index contributed by atoms with van der Waals surface area (Å²) in [6, 6.07) is 9.88. The molecule has 1 aromatic rings. The van der Waals surface area contributed by atoms with Crippen LogP contribution in [0.15, 0.2) is 35.9 Å². The average molecular weight is 286 g/mol. The second kappa shape index (κ2) is 7.21. The van der Waals surface area contributed by atoms with Crippen LogP contribution in [0.1, 0.15) is 45.1 Å². The molecule has 1 unspecified atom stereocenters. The van der Waals surface area contributed by atoms with Crippen LogP contribution >= 0.6 is 0 Å². The van der Waals surface area contributed by atoms with Crippen LogP contribution in [0.4, 0.5) is 0 Å². The first-order valence-electron chi connectivity index (χ1n) is 7.58. The summed E-state index contributed by atoms with van der Waals surface area (Å²) >= 11 is 0. The van der Waals surface area contributed by atoms with Gasteiger partial charge in [-0.05, 0) is 49.8 Å². The van der Waals surface area contributed by atoms with E-state index in [1.54, 1.807) is 0 Å². The van der Waals surface area contributed by atoms with Gasteiger partial charge >= 0.3 is 5.97 Å². The molecule has 0 aliphatic heterocycles. The highest BCUT2D eigenvalue weighted by atomic mass is 16.5. The number of ether oxygens (including phenoxy) is 1. The van der Waals surface area contributed by atoms with Gasteiger partial charge in [-0.1, -0.05) is 30.3 Å². The number of Topliss-reactive ketones (excluding diaryl/α,β-unsaturated/α-hetero) is 1. The summed E-state index contributed by atoms with van der Waals surface area (Å²) in [5.41, 5.74) is 2.82. The van der Waals surface area contributed by atoms with Gasteiger partial charge in [-0.2, -0.15) is 0 Å². The summed E-state index contributed by atoms with van der Waals surface area (Å²) in [6.45, 7) is 4.17. The lowest BCUT2D eigenvalue weighted by Crippen LogP contribution is -2.18. The van der Waals surface area contributed by atoms with Crippen molar-refractivity contribution in [1.29, 1.82) is 0 Å². The molecule has 0 spiro atoms. The van der Waals surface area contributed by atoms with Crippen LogP contribution in [0.3, 0.4) is 0 Å². The topological polar surface area (TPSA) is 43.4 Å². The molecule has 2 rings (SSSR count). The number of benzene rings is 1. The van der Waals surface area contributed by atoms with Gasteiger partial charge in [-0.15, -0.1) is 0 Å². The fraction of sp³-hybridized carbons (Fsp3) is 0.444. The largest absolute Gasteiger partial charge is 0.466 e. The summed E-state index contributed by atoms with van der Waals surface area (Å²) in [5, 5.41) is 0. The maximum Gasteiger partial charge on any atom is 0.309 e. The van der Waals surface area contributed by atoms with E-state index in [-0.39, 0.29) is 17.7 Å². The second-order valence-corrected chi connectivity index (χ2v) is 5.44. The Morgan fingerprint density at radius 3 is 2.67 bits per heavy atom. The first kappa shape index (κ1) is 15.5. The minimum Gasteiger partial charge on any atom is -0.466 e. The van der Waals surface area contributed by atoms with Crippen LogP contribution in [-0.4, -0.2) is 18.4 Å². The Kier molecular flexibility index (Phi) is 5.32. The third-order valence-electron chi connectivity index (χ3n) is 4.02. The highest BCUT2D eigenvalue weighted by Crippen LogP contribution is 2.31. The average Bonchev–Trinajstić information content (AvgIpc) is 2.69. The van der Waals surface area contributed by atoms with Gasteiger partial charge in [-0.25, -0.2) is 0 Å². The molecular formula is C18H22O3. The van der Waals surface area contributed by atoms with Crippen molar-refractivity contribution in [2.24, 2.45) is 5.92 Å².